The van der Waals surface area contributed by atoms with Crippen LogP contribution in [0.4, 0.5) is 10.9 Å². The molecule has 0 unspecified atom stereocenters. The molecule has 0 atom stereocenters. The number of hydrogen-bond acceptors (Lipinski definition) is 7. The van der Waals surface area contributed by atoms with Crippen LogP contribution in [0.15, 0.2) is 60.7 Å². The van der Waals surface area contributed by atoms with E-state index in [1.54, 1.807) is 18.4 Å². The van der Waals surface area contributed by atoms with Crippen LogP contribution in [0.2, 0.25) is 0 Å². The van der Waals surface area contributed by atoms with Gasteiger partial charge in [-0.25, -0.2) is 4.98 Å². The highest BCUT2D eigenvalue weighted by Crippen LogP contribution is 2.32. The van der Waals surface area contributed by atoms with Crippen LogP contribution < -0.4 is 14.5 Å². The number of nitrogens with zero attached hydrogens (tertiary/aromatic N) is 5. The molecule has 0 radical (unpaired) electrons. The van der Waals surface area contributed by atoms with Crippen LogP contribution in [0.25, 0.3) is 21.5 Å². The van der Waals surface area contributed by atoms with Crippen molar-refractivity contribution in [2.75, 3.05) is 43.1 Å². The zero-order valence-electron chi connectivity index (χ0n) is 16.2. The Morgan fingerprint density at radius 1 is 0.862 bits per heavy atom. The van der Waals surface area contributed by atoms with E-state index in [-0.39, 0.29) is 0 Å². The van der Waals surface area contributed by atoms with Gasteiger partial charge in [-0.1, -0.05) is 41.7 Å². The van der Waals surface area contributed by atoms with Gasteiger partial charge < -0.3 is 14.5 Å². The van der Waals surface area contributed by atoms with E-state index < -0.39 is 0 Å². The highest BCUT2D eigenvalue weighted by Gasteiger charge is 2.21. The van der Waals surface area contributed by atoms with Crippen LogP contribution in [0.3, 0.4) is 0 Å². The minimum Gasteiger partial charge on any atom is -0.497 e. The van der Waals surface area contributed by atoms with Crippen molar-refractivity contribution in [2.24, 2.45) is 0 Å². The molecule has 0 bridgehead atoms. The molecule has 6 nitrogen and oxygen atoms in total. The van der Waals surface area contributed by atoms with Gasteiger partial charge in [0.15, 0.2) is 10.9 Å². The average molecular weight is 404 g/mol. The maximum atomic E-state index is 5.32. The lowest BCUT2D eigenvalue weighted by atomic mass is 10.1. The van der Waals surface area contributed by atoms with Gasteiger partial charge in [0.2, 0.25) is 0 Å². The van der Waals surface area contributed by atoms with Gasteiger partial charge in [0, 0.05) is 31.7 Å². The highest BCUT2D eigenvalue weighted by molar-refractivity contribution is 7.22. The monoisotopic (exact) mass is 403 g/mol. The Hall–Kier alpha value is -3.19. The fraction of sp³-hybridized carbons (Fsp3) is 0.227. The number of anilines is 2. The average Bonchev–Trinajstić information content (AvgIpc) is 3.23. The normalized spacial score (nSPS) is 14.4. The third-order valence-corrected chi connectivity index (χ3v) is 6.26. The van der Waals surface area contributed by atoms with Gasteiger partial charge in [0.05, 0.1) is 23.0 Å². The van der Waals surface area contributed by atoms with Crippen LogP contribution in [0.1, 0.15) is 0 Å². The van der Waals surface area contributed by atoms with Crippen molar-refractivity contribution in [2.45, 2.75) is 0 Å². The minimum atomic E-state index is 0.870. The number of aromatic nitrogens is 3. The topological polar surface area (TPSA) is 54.4 Å². The molecule has 3 heterocycles. The molecule has 2 aromatic heterocycles. The zero-order chi connectivity index (χ0) is 19.6. The van der Waals surface area contributed by atoms with Gasteiger partial charge in [-0.3, -0.25) is 0 Å². The largest absolute Gasteiger partial charge is 0.497 e. The fourth-order valence-corrected chi connectivity index (χ4v) is 4.58. The highest BCUT2D eigenvalue weighted by atomic mass is 32.1. The molecule has 0 amide bonds. The lowest BCUT2D eigenvalue weighted by Gasteiger charge is -2.35. The molecule has 29 heavy (non-hydrogen) atoms. The van der Waals surface area contributed by atoms with E-state index in [2.05, 4.69) is 44.3 Å². The van der Waals surface area contributed by atoms with Crippen molar-refractivity contribution in [3.8, 4) is 17.0 Å². The zero-order valence-corrected chi connectivity index (χ0v) is 17.0. The molecule has 5 rings (SSSR count). The van der Waals surface area contributed by atoms with Crippen LogP contribution in [-0.4, -0.2) is 48.5 Å². The minimum absolute atomic E-state index is 0.870. The summed E-state index contributed by atoms with van der Waals surface area (Å²) in [6.07, 6.45) is 0. The Kier molecular flexibility index (Phi) is 4.73. The first-order chi connectivity index (χ1) is 14.3. The summed E-state index contributed by atoms with van der Waals surface area (Å²) < 4.78 is 6.48. The lowest BCUT2D eigenvalue weighted by Crippen LogP contribution is -2.46. The van der Waals surface area contributed by atoms with Crippen molar-refractivity contribution in [3.05, 3.63) is 60.7 Å². The van der Waals surface area contributed by atoms with E-state index in [1.807, 2.05) is 36.4 Å². The number of methoxy groups -OCH3 is 1. The first-order valence-corrected chi connectivity index (χ1v) is 10.5. The second-order valence-corrected chi connectivity index (χ2v) is 7.96. The molecule has 0 spiro atoms. The number of ether oxygens (including phenoxy) is 1. The predicted molar refractivity (Wildman–Crippen MR) is 118 cm³/mol. The van der Waals surface area contributed by atoms with E-state index >= 15 is 0 Å². The smallest absolute Gasteiger partial charge is 0.186 e. The van der Waals surface area contributed by atoms with Crippen LogP contribution in [0.5, 0.6) is 5.75 Å². The maximum absolute atomic E-state index is 5.32. The Morgan fingerprint density at radius 3 is 2.38 bits per heavy atom. The first-order valence-electron chi connectivity index (χ1n) is 9.64. The molecule has 0 saturated carbocycles. The Balaban J connectivity index is 1.27. The van der Waals surface area contributed by atoms with Crippen molar-refractivity contribution in [3.63, 3.8) is 0 Å². The summed E-state index contributed by atoms with van der Waals surface area (Å²) in [5.74, 6) is 1.80. The summed E-state index contributed by atoms with van der Waals surface area (Å²) in [5.41, 5.74) is 3.01. The number of thiazole rings is 1. The molecular weight excluding hydrogens is 382 g/mol. The molecule has 0 N–H and O–H groups in total. The Bertz CT molecular complexity index is 1110. The number of benzene rings is 2. The molecular formula is C22H21N5OS. The summed E-state index contributed by atoms with van der Waals surface area (Å²) in [4.78, 5) is 9.43. The third kappa shape index (κ3) is 3.61. The van der Waals surface area contributed by atoms with Gasteiger partial charge in [0.25, 0.3) is 0 Å². The quantitative estimate of drug-likeness (QED) is 0.512. The van der Waals surface area contributed by atoms with Crippen LogP contribution in [0, 0.1) is 0 Å². The van der Waals surface area contributed by atoms with Gasteiger partial charge in [-0.2, -0.15) is 0 Å². The van der Waals surface area contributed by atoms with Crippen molar-refractivity contribution in [1.82, 2.24) is 15.2 Å². The van der Waals surface area contributed by atoms with E-state index in [4.69, 9.17) is 9.72 Å². The summed E-state index contributed by atoms with van der Waals surface area (Å²) >= 11 is 1.72. The standard InChI is InChI=1S/C22H21N5OS/c1-28-17-7-8-19-20(15-17)29-22(23-19)27-13-11-26(12-14-27)21-10-9-18(24-25-21)16-5-3-2-4-6-16/h2-10,15H,11-14H2,1H3. The van der Waals surface area contributed by atoms with Gasteiger partial charge >= 0.3 is 0 Å². The second kappa shape index (κ2) is 7.67. The van der Waals surface area contributed by atoms with Crippen molar-refractivity contribution < 1.29 is 4.74 Å². The molecule has 1 aliphatic heterocycles. The van der Waals surface area contributed by atoms with Gasteiger partial charge in [-0.15, -0.1) is 10.2 Å². The van der Waals surface area contributed by atoms with Gasteiger partial charge in [-0.05, 0) is 30.3 Å². The summed E-state index contributed by atoms with van der Waals surface area (Å²) in [5, 5.41) is 9.95. The van der Waals surface area contributed by atoms with E-state index in [9.17, 15) is 0 Å². The Morgan fingerprint density at radius 2 is 1.66 bits per heavy atom. The Labute approximate surface area is 173 Å². The predicted octanol–water partition coefficient (Wildman–Crippen LogP) is 4.09. The molecule has 7 heteroatoms. The number of rotatable bonds is 4. The van der Waals surface area contributed by atoms with Crippen LogP contribution in [-0.2, 0) is 0 Å². The van der Waals surface area contributed by atoms with Crippen LogP contribution >= 0.6 is 11.3 Å². The second-order valence-electron chi connectivity index (χ2n) is 6.95. The molecule has 1 fully saturated rings. The molecule has 146 valence electrons. The first kappa shape index (κ1) is 17.9. The van der Waals surface area contributed by atoms with E-state index in [0.717, 1.165) is 64.4 Å². The molecule has 1 saturated heterocycles. The number of hydrogen-bond donors (Lipinski definition) is 0. The molecule has 0 aliphatic carbocycles. The fourth-order valence-electron chi connectivity index (χ4n) is 3.54. The number of piperazine rings is 1. The van der Waals surface area contributed by atoms with Gasteiger partial charge in [0.1, 0.15) is 5.75 Å². The lowest BCUT2D eigenvalue weighted by molar-refractivity contribution is 0.415. The number of fused-ring (bicyclic) bond motifs is 1. The van der Waals surface area contributed by atoms with Crippen molar-refractivity contribution in [1.29, 1.82) is 0 Å². The summed E-state index contributed by atoms with van der Waals surface area (Å²) in [6, 6.07) is 20.3. The summed E-state index contributed by atoms with van der Waals surface area (Å²) in [6.45, 7) is 3.63. The molecule has 1 aliphatic rings. The maximum Gasteiger partial charge on any atom is 0.186 e. The molecule has 4 aromatic rings. The van der Waals surface area contributed by atoms with E-state index in [0.29, 0.717) is 0 Å². The summed E-state index contributed by atoms with van der Waals surface area (Å²) in [7, 11) is 1.69. The third-order valence-electron chi connectivity index (χ3n) is 5.18. The van der Waals surface area contributed by atoms with Crippen molar-refractivity contribution >= 4 is 32.5 Å². The SMILES string of the molecule is COc1ccc2nc(N3CCN(c4ccc(-c5ccccc5)nn4)CC3)sc2c1. The van der Waals surface area contributed by atoms with E-state index in [1.165, 1.54) is 0 Å². The molecule has 2 aromatic carbocycles.